The van der Waals surface area contributed by atoms with Crippen LogP contribution in [-0.2, 0) is 11.2 Å². The predicted octanol–water partition coefficient (Wildman–Crippen LogP) is 2.22. The number of ether oxygens (including phenoxy) is 2. The van der Waals surface area contributed by atoms with Gasteiger partial charge >= 0.3 is 0 Å². The lowest BCUT2D eigenvalue weighted by Gasteiger charge is -2.06. The number of benzene rings is 1. The second-order valence-electron chi connectivity index (χ2n) is 6.17. The van der Waals surface area contributed by atoms with Crippen molar-refractivity contribution >= 4 is 12.4 Å². The lowest BCUT2D eigenvalue weighted by molar-refractivity contribution is 0.146. The minimum absolute atomic E-state index is 0. The van der Waals surface area contributed by atoms with Gasteiger partial charge in [0.05, 0.1) is 18.0 Å². The predicted molar refractivity (Wildman–Crippen MR) is 106 cm³/mol. The first-order chi connectivity index (χ1) is 13.1. The number of hydrogen-bond donors (Lipinski definition) is 1. The van der Waals surface area contributed by atoms with Crippen LogP contribution in [0.3, 0.4) is 0 Å². The molecule has 2 aromatic heterocycles. The first-order valence-electron chi connectivity index (χ1n) is 8.77. The van der Waals surface area contributed by atoms with E-state index in [1.807, 2.05) is 38.2 Å². The number of methoxy groups -OCH3 is 1. The normalized spacial score (nSPS) is 11.9. The van der Waals surface area contributed by atoms with Crippen LogP contribution in [0, 0.1) is 6.92 Å². The monoisotopic (exact) mass is 408 g/mol. The molecule has 152 valence electrons. The summed E-state index contributed by atoms with van der Waals surface area (Å²) in [4.78, 5) is 5.97. The van der Waals surface area contributed by atoms with Crippen LogP contribution in [0.5, 0.6) is 5.75 Å². The van der Waals surface area contributed by atoms with E-state index in [1.54, 1.807) is 11.9 Å². The van der Waals surface area contributed by atoms with E-state index in [-0.39, 0.29) is 18.4 Å². The van der Waals surface area contributed by atoms with Crippen LogP contribution in [0.15, 0.2) is 28.8 Å². The van der Waals surface area contributed by atoms with Crippen LogP contribution in [0.4, 0.5) is 0 Å². The van der Waals surface area contributed by atoms with Gasteiger partial charge in [0.15, 0.2) is 11.5 Å². The minimum atomic E-state index is 0. The van der Waals surface area contributed by atoms with Crippen molar-refractivity contribution in [3.63, 3.8) is 0 Å². The number of halogens is 1. The zero-order chi connectivity index (χ0) is 19.2. The molecular weight excluding hydrogens is 384 g/mol. The molecule has 0 saturated heterocycles. The Morgan fingerprint density at radius 3 is 2.61 bits per heavy atom. The van der Waals surface area contributed by atoms with Crippen LogP contribution in [0.25, 0.3) is 17.3 Å². The van der Waals surface area contributed by atoms with E-state index in [2.05, 4.69) is 32.6 Å². The molecule has 1 atom stereocenters. The summed E-state index contributed by atoms with van der Waals surface area (Å²) >= 11 is 0. The summed E-state index contributed by atoms with van der Waals surface area (Å²) in [6.07, 6.45) is 0.678. The van der Waals surface area contributed by atoms with Gasteiger partial charge in [-0.05, 0) is 45.2 Å². The lowest BCUT2D eigenvalue weighted by atomic mass is 10.2. The Morgan fingerprint density at radius 2 is 1.93 bits per heavy atom. The number of nitrogens with one attached hydrogen (secondary N) is 1. The standard InChI is InChI=1S/C18H24N6O3.ClH/c1-12(19-3)11-16-20-18(27-23-16)17-13(2)21-24(22-17)14-5-7-15(8-6-14)26-10-9-25-4;/h5-8,12,19H,9-11H2,1-4H3;1H. The second-order valence-corrected chi connectivity index (χ2v) is 6.17. The van der Waals surface area contributed by atoms with E-state index in [4.69, 9.17) is 14.0 Å². The molecule has 0 amide bonds. The van der Waals surface area contributed by atoms with Gasteiger partial charge in [-0.1, -0.05) is 5.16 Å². The third-order valence-corrected chi connectivity index (χ3v) is 4.06. The molecule has 0 spiro atoms. The van der Waals surface area contributed by atoms with Crippen molar-refractivity contribution < 1.29 is 14.0 Å². The molecule has 0 bridgehead atoms. The van der Waals surface area contributed by atoms with Crippen molar-refractivity contribution in [3.8, 4) is 23.0 Å². The number of likely N-dealkylation sites (N-methyl/N-ethyl adjacent to an activating group) is 1. The van der Waals surface area contributed by atoms with E-state index in [0.717, 1.165) is 11.4 Å². The van der Waals surface area contributed by atoms with E-state index in [9.17, 15) is 0 Å². The van der Waals surface area contributed by atoms with Gasteiger partial charge in [-0.3, -0.25) is 0 Å². The molecule has 1 N–H and O–H groups in total. The molecule has 3 aromatic rings. The molecule has 0 radical (unpaired) electrons. The van der Waals surface area contributed by atoms with Crippen molar-refractivity contribution in [3.05, 3.63) is 35.8 Å². The Bertz CT molecular complexity index is 865. The lowest BCUT2D eigenvalue weighted by Crippen LogP contribution is -2.24. The molecule has 9 nitrogen and oxygen atoms in total. The number of aryl methyl sites for hydroxylation is 1. The maximum atomic E-state index is 5.57. The van der Waals surface area contributed by atoms with E-state index >= 15 is 0 Å². The summed E-state index contributed by atoms with van der Waals surface area (Å²) in [6, 6.07) is 7.77. The Morgan fingerprint density at radius 1 is 1.18 bits per heavy atom. The van der Waals surface area contributed by atoms with Gasteiger partial charge in [0.2, 0.25) is 0 Å². The fourth-order valence-corrected chi connectivity index (χ4v) is 2.42. The molecule has 0 aliphatic carbocycles. The highest BCUT2D eigenvalue weighted by Crippen LogP contribution is 2.20. The van der Waals surface area contributed by atoms with Gasteiger partial charge < -0.3 is 19.3 Å². The topological polar surface area (TPSA) is 100 Å². The van der Waals surface area contributed by atoms with E-state index < -0.39 is 0 Å². The average Bonchev–Trinajstić information content (AvgIpc) is 3.29. The number of nitrogens with zero attached hydrogens (tertiary/aromatic N) is 5. The number of rotatable bonds is 9. The Balaban J connectivity index is 0.00000280. The molecule has 1 aromatic carbocycles. The molecule has 0 aliphatic heterocycles. The van der Waals surface area contributed by atoms with Crippen molar-refractivity contribution in [2.24, 2.45) is 0 Å². The van der Waals surface area contributed by atoms with Crippen LogP contribution in [0.2, 0.25) is 0 Å². The Kier molecular flexibility index (Phi) is 7.91. The molecule has 28 heavy (non-hydrogen) atoms. The van der Waals surface area contributed by atoms with E-state index in [0.29, 0.717) is 42.7 Å². The van der Waals surface area contributed by atoms with Crippen LogP contribution in [0.1, 0.15) is 18.4 Å². The van der Waals surface area contributed by atoms with Crippen LogP contribution < -0.4 is 10.1 Å². The molecule has 3 rings (SSSR count). The van der Waals surface area contributed by atoms with Crippen LogP contribution in [-0.4, -0.2) is 58.5 Å². The molecule has 0 aliphatic rings. The largest absolute Gasteiger partial charge is 0.491 e. The zero-order valence-corrected chi connectivity index (χ0v) is 17.2. The summed E-state index contributed by atoms with van der Waals surface area (Å²) in [6.45, 7) is 4.97. The van der Waals surface area contributed by atoms with Gasteiger partial charge in [0.25, 0.3) is 5.89 Å². The van der Waals surface area contributed by atoms with Crippen molar-refractivity contribution in [1.82, 2.24) is 30.5 Å². The van der Waals surface area contributed by atoms with Gasteiger partial charge in [0, 0.05) is 19.6 Å². The summed E-state index contributed by atoms with van der Waals surface area (Å²) in [5, 5.41) is 16.1. The summed E-state index contributed by atoms with van der Waals surface area (Å²) in [5.41, 5.74) is 2.10. The zero-order valence-electron chi connectivity index (χ0n) is 16.4. The first kappa shape index (κ1) is 21.8. The fourth-order valence-electron chi connectivity index (χ4n) is 2.42. The summed E-state index contributed by atoms with van der Waals surface area (Å²) in [7, 11) is 3.54. The Labute approximate surface area is 169 Å². The average molecular weight is 409 g/mol. The molecule has 1 unspecified atom stereocenters. The van der Waals surface area contributed by atoms with Gasteiger partial charge in [0.1, 0.15) is 12.4 Å². The Hall–Kier alpha value is -2.49. The highest BCUT2D eigenvalue weighted by atomic mass is 35.5. The maximum Gasteiger partial charge on any atom is 0.280 e. The highest BCUT2D eigenvalue weighted by Gasteiger charge is 2.18. The smallest absolute Gasteiger partial charge is 0.280 e. The third-order valence-electron chi connectivity index (χ3n) is 4.06. The molecule has 10 heteroatoms. The number of hydrogen-bond acceptors (Lipinski definition) is 8. The summed E-state index contributed by atoms with van der Waals surface area (Å²) in [5.74, 6) is 1.77. The third kappa shape index (κ3) is 5.28. The van der Waals surface area contributed by atoms with Crippen molar-refractivity contribution in [1.29, 1.82) is 0 Å². The van der Waals surface area contributed by atoms with E-state index in [1.165, 1.54) is 0 Å². The van der Waals surface area contributed by atoms with Gasteiger partial charge in [-0.2, -0.15) is 14.9 Å². The van der Waals surface area contributed by atoms with Gasteiger partial charge in [-0.15, -0.1) is 17.5 Å². The fraction of sp³-hybridized carbons (Fsp3) is 0.444. The molecule has 0 fully saturated rings. The van der Waals surface area contributed by atoms with Crippen LogP contribution >= 0.6 is 12.4 Å². The molecule has 0 saturated carbocycles. The maximum absolute atomic E-state index is 5.57. The first-order valence-corrected chi connectivity index (χ1v) is 8.77. The highest BCUT2D eigenvalue weighted by molar-refractivity contribution is 5.85. The van der Waals surface area contributed by atoms with Crippen molar-refractivity contribution in [2.75, 3.05) is 27.4 Å². The quantitative estimate of drug-likeness (QED) is 0.538. The van der Waals surface area contributed by atoms with Gasteiger partial charge in [-0.25, -0.2) is 0 Å². The summed E-state index contributed by atoms with van der Waals surface area (Å²) < 4.78 is 15.9. The SMILES string of the molecule is CNC(C)Cc1noc(-c2nn(-c3ccc(OCCOC)cc3)nc2C)n1.Cl. The van der Waals surface area contributed by atoms with Crippen molar-refractivity contribution in [2.45, 2.75) is 26.3 Å². The molecule has 2 heterocycles. The number of aromatic nitrogens is 5. The molecular formula is C18H25ClN6O3. The second kappa shape index (κ2) is 10.2. The minimum Gasteiger partial charge on any atom is -0.491 e.